The number of aryl methyl sites for hydroxylation is 1. The second kappa shape index (κ2) is 8.76. The molecule has 0 radical (unpaired) electrons. The lowest BCUT2D eigenvalue weighted by Gasteiger charge is -2.57. The molecule has 2 aliphatic heterocycles. The van der Waals surface area contributed by atoms with Crippen LogP contribution in [0.15, 0.2) is 48.5 Å². The first kappa shape index (κ1) is 20.7. The van der Waals surface area contributed by atoms with E-state index in [1.807, 2.05) is 0 Å². The number of hydrogen-bond acceptors (Lipinski definition) is 3. The molecule has 2 aromatic rings. The van der Waals surface area contributed by atoms with Crippen LogP contribution in [0.5, 0.6) is 0 Å². The Morgan fingerprint density at radius 1 is 0.935 bits per heavy atom. The summed E-state index contributed by atoms with van der Waals surface area (Å²) in [6.45, 7) is 5.01. The summed E-state index contributed by atoms with van der Waals surface area (Å²) in [5.41, 5.74) is 5.01. The van der Waals surface area contributed by atoms with Gasteiger partial charge in [-0.25, -0.2) is 0 Å². The maximum absolute atomic E-state index is 13.0. The van der Waals surface area contributed by atoms with Crippen LogP contribution in [0.1, 0.15) is 49.1 Å². The SMILES string of the molecule is Cc1ccc(-c2ccc([C@H]3[C@H](CO)N4CCCCN(C(=O)C5CCC5)C[C@@H]34)cc2)cc1. The molecule has 0 unspecified atom stereocenters. The third kappa shape index (κ3) is 3.92. The van der Waals surface area contributed by atoms with Crippen LogP contribution in [0.25, 0.3) is 11.1 Å². The number of aliphatic hydroxyl groups is 1. The van der Waals surface area contributed by atoms with E-state index in [0.717, 1.165) is 45.3 Å². The molecule has 1 amide bonds. The van der Waals surface area contributed by atoms with Crippen molar-refractivity contribution in [2.24, 2.45) is 5.92 Å². The van der Waals surface area contributed by atoms with Crippen LogP contribution in [0.3, 0.4) is 0 Å². The van der Waals surface area contributed by atoms with Gasteiger partial charge in [-0.1, -0.05) is 60.5 Å². The van der Waals surface area contributed by atoms with Crippen molar-refractivity contribution < 1.29 is 9.90 Å². The molecule has 2 heterocycles. The molecule has 3 aliphatic rings. The molecule has 2 aromatic carbocycles. The Labute approximate surface area is 185 Å². The fourth-order valence-electron chi connectivity index (χ4n) is 5.70. The number of amides is 1. The molecule has 0 spiro atoms. The summed E-state index contributed by atoms with van der Waals surface area (Å²) in [7, 11) is 0. The Bertz CT molecular complexity index is 904. The van der Waals surface area contributed by atoms with Crippen molar-refractivity contribution in [1.29, 1.82) is 0 Å². The summed E-state index contributed by atoms with van der Waals surface area (Å²) in [4.78, 5) is 17.6. The molecule has 4 nitrogen and oxygen atoms in total. The number of hydrogen-bond donors (Lipinski definition) is 1. The number of fused-ring (bicyclic) bond motifs is 1. The van der Waals surface area contributed by atoms with Gasteiger partial charge in [0.1, 0.15) is 0 Å². The summed E-state index contributed by atoms with van der Waals surface area (Å²) in [6.07, 6.45) is 5.48. The van der Waals surface area contributed by atoms with Crippen LogP contribution >= 0.6 is 0 Å². The van der Waals surface area contributed by atoms with Crippen molar-refractivity contribution in [3.8, 4) is 11.1 Å². The summed E-state index contributed by atoms with van der Waals surface area (Å²) in [6, 6.07) is 18.0. The zero-order valence-electron chi connectivity index (χ0n) is 18.5. The van der Waals surface area contributed by atoms with E-state index in [0.29, 0.717) is 11.9 Å². The van der Waals surface area contributed by atoms with Crippen molar-refractivity contribution in [3.05, 3.63) is 59.7 Å². The molecule has 5 rings (SSSR count). The van der Waals surface area contributed by atoms with Gasteiger partial charge in [-0.2, -0.15) is 0 Å². The summed E-state index contributed by atoms with van der Waals surface area (Å²) in [5, 5.41) is 10.2. The Kier molecular flexibility index (Phi) is 5.85. The maximum atomic E-state index is 13.0. The second-order valence-corrected chi connectivity index (χ2v) is 9.69. The van der Waals surface area contributed by atoms with Gasteiger partial charge < -0.3 is 10.0 Å². The smallest absolute Gasteiger partial charge is 0.225 e. The monoisotopic (exact) mass is 418 g/mol. The van der Waals surface area contributed by atoms with Crippen molar-refractivity contribution in [1.82, 2.24) is 9.80 Å². The highest BCUT2D eigenvalue weighted by Gasteiger charge is 2.49. The normalized spacial score (nSPS) is 26.9. The van der Waals surface area contributed by atoms with E-state index in [2.05, 4.69) is 65.3 Å². The van der Waals surface area contributed by atoms with Gasteiger partial charge in [0.25, 0.3) is 0 Å². The second-order valence-electron chi connectivity index (χ2n) is 9.69. The quantitative estimate of drug-likeness (QED) is 0.809. The summed E-state index contributed by atoms with van der Waals surface area (Å²) >= 11 is 0. The van der Waals surface area contributed by atoms with E-state index in [-0.39, 0.29) is 24.5 Å². The predicted molar refractivity (Wildman–Crippen MR) is 124 cm³/mol. The number of benzene rings is 2. The molecule has 1 saturated carbocycles. The third-order valence-electron chi connectivity index (χ3n) is 7.82. The zero-order chi connectivity index (χ0) is 21.4. The highest BCUT2D eigenvalue weighted by molar-refractivity contribution is 5.79. The van der Waals surface area contributed by atoms with Gasteiger partial charge in [-0.05, 0) is 55.8 Å². The summed E-state index contributed by atoms with van der Waals surface area (Å²) in [5.74, 6) is 0.912. The van der Waals surface area contributed by atoms with Crippen molar-refractivity contribution in [2.75, 3.05) is 26.2 Å². The standard InChI is InChI=1S/C27H34N2O2/c1-19-7-9-20(10-8-19)21-11-13-22(14-12-21)26-24-17-28(27(31)23-5-4-6-23)15-2-3-16-29(24)25(26)18-30/h7-14,23-26,30H,2-6,15-18H2,1H3/t24-,25-,26+/m0/s1. The van der Waals surface area contributed by atoms with Crippen LogP contribution in [0.2, 0.25) is 0 Å². The van der Waals surface area contributed by atoms with Gasteiger partial charge >= 0.3 is 0 Å². The lowest BCUT2D eigenvalue weighted by Crippen LogP contribution is -2.68. The first-order valence-corrected chi connectivity index (χ1v) is 12.0. The number of nitrogens with zero attached hydrogens (tertiary/aromatic N) is 2. The van der Waals surface area contributed by atoms with Crippen LogP contribution in [0, 0.1) is 12.8 Å². The molecule has 3 atom stereocenters. The molecule has 31 heavy (non-hydrogen) atoms. The Morgan fingerprint density at radius 3 is 2.19 bits per heavy atom. The largest absolute Gasteiger partial charge is 0.395 e. The molecule has 2 saturated heterocycles. The predicted octanol–water partition coefficient (Wildman–Crippen LogP) is 4.21. The molecular weight excluding hydrogens is 384 g/mol. The molecular formula is C27H34N2O2. The Balaban J connectivity index is 1.36. The highest BCUT2D eigenvalue weighted by Crippen LogP contribution is 2.43. The van der Waals surface area contributed by atoms with E-state index in [1.165, 1.54) is 28.7 Å². The number of carbonyl (C=O) groups excluding carboxylic acids is 1. The number of carbonyl (C=O) groups is 1. The fraction of sp³-hybridized carbons (Fsp3) is 0.519. The van der Waals surface area contributed by atoms with Gasteiger partial charge in [-0.3, -0.25) is 9.69 Å². The van der Waals surface area contributed by atoms with Crippen molar-refractivity contribution in [3.63, 3.8) is 0 Å². The fourth-order valence-corrected chi connectivity index (χ4v) is 5.70. The zero-order valence-corrected chi connectivity index (χ0v) is 18.5. The average molecular weight is 419 g/mol. The minimum Gasteiger partial charge on any atom is -0.395 e. The first-order valence-electron chi connectivity index (χ1n) is 12.0. The van der Waals surface area contributed by atoms with E-state index < -0.39 is 0 Å². The highest BCUT2D eigenvalue weighted by atomic mass is 16.3. The Morgan fingerprint density at radius 2 is 1.58 bits per heavy atom. The van der Waals surface area contributed by atoms with Gasteiger partial charge in [-0.15, -0.1) is 0 Å². The van der Waals surface area contributed by atoms with Gasteiger partial charge in [0.05, 0.1) is 6.61 Å². The lowest BCUT2D eigenvalue weighted by molar-refractivity contribution is -0.143. The molecule has 0 bridgehead atoms. The van der Waals surface area contributed by atoms with Crippen LogP contribution in [-0.2, 0) is 4.79 Å². The van der Waals surface area contributed by atoms with E-state index in [9.17, 15) is 9.90 Å². The average Bonchev–Trinajstić information content (AvgIpc) is 2.72. The molecule has 4 heteroatoms. The van der Waals surface area contributed by atoms with Gasteiger partial charge in [0.2, 0.25) is 5.91 Å². The van der Waals surface area contributed by atoms with Crippen molar-refractivity contribution in [2.45, 2.75) is 57.0 Å². The maximum Gasteiger partial charge on any atom is 0.225 e. The van der Waals surface area contributed by atoms with Crippen LogP contribution in [0.4, 0.5) is 0 Å². The van der Waals surface area contributed by atoms with E-state index >= 15 is 0 Å². The number of aliphatic hydroxyl groups excluding tert-OH is 1. The molecule has 1 aliphatic carbocycles. The molecule has 0 aromatic heterocycles. The minimum absolute atomic E-state index is 0.161. The van der Waals surface area contributed by atoms with E-state index in [4.69, 9.17) is 0 Å². The molecule has 1 N–H and O–H groups in total. The van der Waals surface area contributed by atoms with Crippen molar-refractivity contribution >= 4 is 5.91 Å². The summed E-state index contributed by atoms with van der Waals surface area (Å²) < 4.78 is 0. The third-order valence-corrected chi connectivity index (χ3v) is 7.82. The van der Waals surface area contributed by atoms with Crippen LogP contribution in [-0.4, -0.2) is 59.1 Å². The number of rotatable bonds is 4. The van der Waals surface area contributed by atoms with Gasteiger partial charge in [0.15, 0.2) is 0 Å². The Hall–Kier alpha value is -2.17. The van der Waals surface area contributed by atoms with Gasteiger partial charge in [0, 0.05) is 37.0 Å². The van der Waals surface area contributed by atoms with E-state index in [1.54, 1.807) is 0 Å². The first-order chi connectivity index (χ1) is 15.2. The minimum atomic E-state index is 0.161. The molecule has 3 fully saturated rings. The lowest BCUT2D eigenvalue weighted by atomic mass is 9.74. The molecule has 164 valence electrons. The topological polar surface area (TPSA) is 43.8 Å². The van der Waals surface area contributed by atoms with Crippen LogP contribution < -0.4 is 0 Å².